The molecule has 1 heterocycles. The monoisotopic (exact) mass is 512 g/mol. The molecule has 1 atom stereocenters. The maximum Gasteiger partial charge on any atom is 0.295 e. The topological polar surface area (TPSA) is 70.1 Å². The standard InChI is InChI=1S/C26H29BrN2O4/c1-4-17-33-21-13-9-19(10-14-21)24(30)22-23(18-7-11-20(27)12-8-18)29(26(32)25(22)31)16-15-28(5-2)6-3/h4,7-14,23,30H,1,5-6,15-17H2,2-3H3/b24-22-. The number of likely N-dealkylation sites (N-methyl/N-ethyl adjacent to an activating group) is 1. The zero-order chi connectivity index (χ0) is 24.0. The van der Waals surface area contributed by atoms with E-state index in [0.29, 0.717) is 31.0 Å². The van der Waals surface area contributed by atoms with Crippen molar-refractivity contribution in [3.8, 4) is 5.75 Å². The average Bonchev–Trinajstić information content (AvgIpc) is 3.08. The number of hydrogen-bond acceptors (Lipinski definition) is 5. The van der Waals surface area contributed by atoms with Crippen LogP contribution in [-0.4, -0.2) is 59.4 Å². The van der Waals surface area contributed by atoms with Gasteiger partial charge in [0.1, 0.15) is 18.1 Å². The summed E-state index contributed by atoms with van der Waals surface area (Å²) in [4.78, 5) is 29.9. The Labute approximate surface area is 203 Å². The highest BCUT2D eigenvalue weighted by atomic mass is 79.9. The number of halogens is 1. The van der Waals surface area contributed by atoms with Gasteiger partial charge in [0, 0.05) is 23.1 Å². The number of carbonyl (C=O) groups excluding carboxylic acids is 2. The fourth-order valence-corrected chi connectivity index (χ4v) is 4.18. The predicted molar refractivity (Wildman–Crippen MR) is 133 cm³/mol. The minimum atomic E-state index is -0.674. The molecule has 2 aromatic rings. The second kappa shape index (κ2) is 11.3. The Balaban J connectivity index is 2.03. The van der Waals surface area contributed by atoms with Gasteiger partial charge in [-0.3, -0.25) is 9.59 Å². The molecule has 3 rings (SSSR count). The van der Waals surface area contributed by atoms with E-state index in [1.807, 2.05) is 24.3 Å². The summed E-state index contributed by atoms with van der Waals surface area (Å²) >= 11 is 3.43. The van der Waals surface area contributed by atoms with Crippen LogP contribution in [0.4, 0.5) is 0 Å². The molecule has 0 saturated carbocycles. The zero-order valence-corrected chi connectivity index (χ0v) is 20.5. The highest BCUT2D eigenvalue weighted by Gasteiger charge is 2.45. The smallest absolute Gasteiger partial charge is 0.295 e. The van der Waals surface area contributed by atoms with Crippen molar-refractivity contribution in [3.05, 3.63) is 82.4 Å². The van der Waals surface area contributed by atoms with Crippen LogP contribution in [-0.2, 0) is 9.59 Å². The molecule has 33 heavy (non-hydrogen) atoms. The summed E-state index contributed by atoms with van der Waals surface area (Å²) in [6.07, 6.45) is 1.64. The molecule has 0 aromatic heterocycles. The highest BCUT2D eigenvalue weighted by Crippen LogP contribution is 2.39. The molecule has 1 aliphatic heterocycles. The number of Topliss-reactive ketones (excluding diaryl/α,β-unsaturated/α-hetero) is 1. The van der Waals surface area contributed by atoms with Crippen molar-refractivity contribution in [2.45, 2.75) is 19.9 Å². The van der Waals surface area contributed by atoms with Gasteiger partial charge in [-0.05, 0) is 55.1 Å². The lowest BCUT2D eigenvalue weighted by Gasteiger charge is -2.28. The van der Waals surface area contributed by atoms with Gasteiger partial charge in [-0.2, -0.15) is 0 Å². The minimum Gasteiger partial charge on any atom is -0.507 e. The van der Waals surface area contributed by atoms with E-state index in [0.717, 1.165) is 23.1 Å². The molecule has 1 N–H and O–H groups in total. The Bertz CT molecular complexity index is 1030. The van der Waals surface area contributed by atoms with Gasteiger partial charge in [-0.1, -0.05) is 54.6 Å². The van der Waals surface area contributed by atoms with Crippen molar-refractivity contribution >= 4 is 33.4 Å². The van der Waals surface area contributed by atoms with Crippen LogP contribution in [0.1, 0.15) is 31.0 Å². The molecule has 7 heteroatoms. The molecule has 1 unspecified atom stereocenters. The van der Waals surface area contributed by atoms with Crippen LogP contribution in [0.2, 0.25) is 0 Å². The fraction of sp³-hybridized carbons (Fsp3) is 0.308. The third kappa shape index (κ3) is 5.54. The van der Waals surface area contributed by atoms with Crippen LogP contribution in [0.3, 0.4) is 0 Å². The van der Waals surface area contributed by atoms with Gasteiger partial charge < -0.3 is 19.6 Å². The highest BCUT2D eigenvalue weighted by molar-refractivity contribution is 9.10. The van der Waals surface area contributed by atoms with Crippen molar-refractivity contribution in [1.82, 2.24) is 9.80 Å². The van der Waals surface area contributed by atoms with Crippen molar-refractivity contribution in [2.24, 2.45) is 0 Å². The molecular weight excluding hydrogens is 484 g/mol. The van der Waals surface area contributed by atoms with E-state index in [1.54, 1.807) is 35.2 Å². The van der Waals surface area contributed by atoms with Crippen LogP contribution in [0.15, 0.2) is 71.2 Å². The Kier molecular flexibility index (Phi) is 8.47. The number of benzene rings is 2. The second-order valence-corrected chi connectivity index (χ2v) is 8.61. The van der Waals surface area contributed by atoms with E-state index >= 15 is 0 Å². The first-order chi connectivity index (χ1) is 15.9. The summed E-state index contributed by atoms with van der Waals surface area (Å²) < 4.78 is 6.38. The predicted octanol–water partition coefficient (Wildman–Crippen LogP) is 4.78. The van der Waals surface area contributed by atoms with E-state index in [-0.39, 0.29) is 11.3 Å². The number of aliphatic hydroxyl groups is 1. The number of carbonyl (C=O) groups is 2. The van der Waals surface area contributed by atoms with E-state index < -0.39 is 17.7 Å². The first-order valence-corrected chi connectivity index (χ1v) is 11.8. The van der Waals surface area contributed by atoms with E-state index in [9.17, 15) is 14.7 Å². The summed E-state index contributed by atoms with van der Waals surface area (Å²) in [6, 6.07) is 13.6. The summed E-state index contributed by atoms with van der Waals surface area (Å²) in [7, 11) is 0. The van der Waals surface area contributed by atoms with Crippen molar-refractivity contribution in [3.63, 3.8) is 0 Å². The summed E-state index contributed by atoms with van der Waals surface area (Å²) in [6.45, 7) is 10.8. The number of hydrogen-bond donors (Lipinski definition) is 1. The molecule has 1 amide bonds. The number of ketones is 1. The molecule has 1 fully saturated rings. The number of rotatable bonds is 10. The van der Waals surface area contributed by atoms with Gasteiger partial charge in [0.05, 0.1) is 11.6 Å². The molecule has 1 aliphatic rings. The molecule has 174 valence electrons. The van der Waals surface area contributed by atoms with Gasteiger partial charge in [-0.25, -0.2) is 0 Å². The van der Waals surface area contributed by atoms with E-state index in [2.05, 4.69) is 41.3 Å². The summed E-state index contributed by atoms with van der Waals surface area (Å²) in [5, 5.41) is 11.2. The number of nitrogens with zero attached hydrogens (tertiary/aromatic N) is 2. The van der Waals surface area contributed by atoms with Gasteiger partial charge in [0.15, 0.2) is 0 Å². The Morgan fingerprint density at radius 3 is 2.33 bits per heavy atom. The molecule has 6 nitrogen and oxygen atoms in total. The van der Waals surface area contributed by atoms with Crippen LogP contribution in [0.5, 0.6) is 5.75 Å². The van der Waals surface area contributed by atoms with E-state index in [1.165, 1.54) is 0 Å². The average molecular weight is 513 g/mol. The Hall–Kier alpha value is -2.90. The lowest BCUT2D eigenvalue weighted by atomic mass is 9.95. The van der Waals surface area contributed by atoms with Gasteiger partial charge >= 0.3 is 0 Å². The minimum absolute atomic E-state index is 0.0987. The van der Waals surface area contributed by atoms with Crippen molar-refractivity contribution in [1.29, 1.82) is 0 Å². The SMILES string of the molecule is C=CCOc1ccc(/C(O)=C2/C(=O)C(=O)N(CCN(CC)CC)C2c2ccc(Br)cc2)cc1. The molecule has 0 aliphatic carbocycles. The van der Waals surface area contributed by atoms with Gasteiger partial charge in [0.25, 0.3) is 11.7 Å². The van der Waals surface area contributed by atoms with Crippen molar-refractivity contribution < 1.29 is 19.4 Å². The lowest BCUT2D eigenvalue weighted by Crippen LogP contribution is -2.38. The molecular formula is C26H29BrN2O4. The number of amides is 1. The molecule has 0 bridgehead atoms. The normalized spacial score (nSPS) is 17.6. The quantitative estimate of drug-likeness (QED) is 0.214. The third-order valence-corrected chi connectivity index (χ3v) is 6.30. The van der Waals surface area contributed by atoms with Crippen LogP contribution in [0, 0.1) is 0 Å². The fourth-order valence-electron chi connectivity index (χ4n) is 3.91. The molecule has 0 spiro atoms. The Morgan fingerprint density at radius 1 is 1.12 bits per heavy atom. The molecule has 0 radical (unpaired) electrons. The largest absolute Gasteiger partial charge is 0.507 e. The first kappa shape index (κ1) is 24.7. The molecule has 2 aromatic carbocycles. The maximum absolute atomic E-state index is 13.1. The second-order valence-electron chi connectivity index (χ2n) is 7.69. The van der Waals surface area contributed by atoms with Crippen LogP contribution < -0.4 is 4.74 Å². The maximum atomic E-state index is 13.1. The number of ether oxygens (including phenoxy) is 1. The zero-order valence-electron chi connectivity index (χ0n) is 19.0. The molecule has 1 saturated heterocycles. The van der Waals surface area contributed by atoms with Crippen molar-refractivity contribution in [2.75, 3.05) is 32.8 Å². The van der Waals surface area contributed by atoms with Crippen LogP contribution >= 0.6 is 15.9 Å². The lowest BCUT2D eigenvalue weighted by molar-refractivity contribution is -0.140. The third-order valence-electron chi connectivity index (χ3n) is 5.77. The number of likely N-dealkylation sites (tertiary alicyclic amines) is 1. The summed E-state index contributed by atoms with van der Waals surface area (Å²) in [5.74, 6) is -0.841. The summed E-state index contributed by atoms with van der Waals surface area (Å²) in [5.41, 5.74) is 1.32. The van der Waals surface area contributed by atoms with Gasteiger partial charge in [-0.15, -0.1) is 0 Å². The Morgan fingerprint density at radius 2 is 1.76 bits per heavy atom. The van der Waals surface area contributed by atoms with E-state index in [4.69, 9.17) is 4.74 Å². The number of aliphatic hydroxyl groups excluding tert-OH is 1. The van der Waals surface area contributed by atoms with Gasteiger partial charge in [0.2, 0.25) is 0 Å². The first-order valence-electron chi connectivity index (χ1n) is 11.0. The van der Waals surface area contributed by atoms with Crippen LogP contribution in [0.25, 0.3) is 5.76 Å².